The molecule has 6 nitrogen and oxygen atoms in total. The van der Waals surface area contributed by atoms with Crippen LogP contribution in [0.3, 0.4) is 0 Å². The largest absolute Gasteiger partial charge is 0.412 e. The fourth-order valence-corrected chi connectivity index (χ4v) is 113. The van der Waals surface area contributed by atoms with Gasteiger partial charge in [-0.2, -0.15) is 13.5 Å². The van der Waals surface area contributed by atoms with Crippen molar-refractivity contribution in [1.29, 1.82) is 0 Å². The molecular weight excluding hydrogens is 3220 g/mol. The van der Waals surface area contributed by atoms with E-state index >= 15 is 0 Å². The second-order valence-corrected chi connectivity index (χ2v) is 61.5. The van der Waals surface area contributed by atoms with Gasteiger partial charge in [0, 0.05) is 282 Å². The van der Waals surface area contributed by atoms with Gasteiger partial charge in [0.15, 0.2) is 0 Å². The van der Waals surface area contributed by atoms with Gasteiger partial charge < -0.3 is 32.9 Å². The molecule has 72 rings (SSSR count). The van der Waals surface area contributed by atoms with Crippen LogP contribution in [0.1, 0.15) is 77.7 Å². The Labute approximate surface area is 1050 Å². The summed E-state index contributed by atoms with van der Waals surface area (Å²) in [5.41, 5.74) is 63.5. The Bertz CT molecular complexity index is 6860. The molecule has 72 fully saturated rings. The number of rotatable bonds is 0. The summed E-state index contributed by atoms with van der Waals surface area (Å²) >= 11 is 3.89. The zero-order chi connectivity index (χ0) is 52.8. The Hall–Kier alpha value is 14.0. The third-order valence-electron chi connectivity index (χ3n) is 85.4. The molecule has 12 N–H and O–H groups in total. The van der Waals surface area contributed by atoms with Crippen LogP contribution in [0.25, 0.3) is 0 Å². The molecule has 23 heteroatoms. The van der Waals surface area contributed by atoms with Gasteiger partial charge >= 0.3 is 0 Å². The van der Waals surface area contributed by atoms with E-state index in [0.717, 1.165) is 184 Å². The maximum atomic E-state index is 9.50. The number of hydrogen-bond acceptors (Lipinski definition) is 1. The van der Waals surface area contributed by atoms with Crippen molar-refractivity contribution in [1.82, 2.24) is 0 Å². The summed E-state index contributed by atoms with van der Waals surface area (Å²) in [6.07, 6.45) is 7.68. The van der Waals surface area contributed by atoms with Gasteiger partial charge in [0.25, 0.3) is 0 Å². The molecule has 55 spiro atoms. The molecule has 0 aromatic rings. The molecule has 0 aromatic heterocycles. The van der Waals surface area contributed by atoms with E-state index in [9.17, 15) is 4.39 Å². The van der Waals surface area contributed by atoms with E-state index in [4.69, 9.17) is 0 Å². The van der Waals surface area contributed by atoms with Crippen molar-refractivity contribution < 1.29 is 323 Å². The Morgan fingerprint density at radius 1 is 0.172 bits per heavy atom. The summed E-state index contributed by atoms with van der Waals surface area (Å²) in [5.74, 6) is 46.3. The average Bonchev–Trinajstić information content (AvgIpc) is 0.397. The minimum Gasteiger partial charge on any atom is -0.412 e. The van der Waals surface area contributed by atoms with Crippen molar-refractivity contribution >= 4 is 177 Å². The van der Waals surface area contributed by atoms with Crippen LogP contribution in [0.4, 0.5) is 9.09 Å². The van der Waals surface area contributed by atoms with Crippen LogP contribution < -0.4 is 0 Å². The van der Waals surface area contributed by atoms with Gasteiger partial charge in [-0.1, -0.05) is 63.8 Å². The molecule has 122 heavy (non-hydrogen) atoms. The summed E-state index contributed by atoms with van der Waals surface area (Å²) < 4.78 is 9.50. The van der Waals surface area contributed by atoms with Gasteiger partial charge in [0.05, 0.1) is 7.18 Å². The maximum absolute atomic E-state index is 9.50. The van der Waals surface area contributed by atoms with Crippen molar-refractivity contribution in [3.63, 3.8) is 0 Å². The van der Waals surface area contributed by atoms with Crippen LogP contribution >= 0.6 is 165 Å². The van der Waals surface area contributed by atoms with Crippen LogP contribution in [-0.2, 0) is 11.8 Å². The minimum absolute atomic E-state index is 0. The first-order valence-corrected chi connectivity index (χ1v) is 47.6. The van der Waals surface area contributed by atoms with Crippen molar-refractivity contribution in [3.8, 4) is 0 Å². The van der Waals surface area contributed by atoms with Gasteiger partial charge in [0.2, 0.25) is 0 Å². The zero-order valence-corrected chi connectivity index (χ0v) is 86.1. The molecule has 72 aliphatic carbocycles. The maximum Gasteiger partial charge on any atom is 0.0785 e. The van der Waals surface area contributed by atoms with Crippen molar-refractivity contribution in [3.05, 3.63) is 70.4 Å². The smallest absolute Gasteiger partial charge is 0.0785 e. The van der Waals surface area contributed by atoms with Gasteiger partial charge in [-0.3, -0.25) is 9.09 Å². The Kier molecular flexibility index (Phi) is 7.88. The molecule has 68 unspecified atom stereocenters. The van der Waals surface area contributed by atoms with Crippen molar-refractivity contribution in [2.75, 3.05) is 7.18 Å². The minimum atomic E-state index is 0. The van der Waals surface area contributed by atoms with Crippen LogP contribution in [0.5, 0.6) is 0 Å². The van der Waals surface area contributed by atoms with Crippen molar-refractivity contribution in [2.45, 2.75) is 77.7 Å². The van der Waals surface area contributed by atoms with E-state index in [-0.39, 0.29) is 528 Å². The van der Waals surface area contributed by atoms with Gasteiger partial charge in [-0.05, 0) is 521 Å². The second-order valence-electron chi connectivity index (χ2n) is 61.5. The van der Waals surface area contributed by atoms with Crippen LogP contribution in [0, 0.1) is 769 Å². The van der Waals surface area contributed by atoms with Crippen molar-refractivity contribution in [2.24, 2.45) is 417 Å². The van der Waals surface area contributed by atoms with E-state index < -0.39 is 0 Å². The fraction of sp³-hybridized carbons (Fsp3) is 1.00. The van der Waals surface area contributed by atoms with Crippen LogP contribution in [0.15, 0.2) is 0 Å². The molecule has 72 aliphatic rings. The summed E-state index contributed by atoms with van der Waals surface area (Å²) in [6.45, 7) is 0. The monoisotopic (exact) mass is 3320 g/mol. The molecule has 0 aromatic carbocycles. The average molecular weight is 3310 g/mol. The standard InChI is InChI=1S/C91H40.CH3F.7CH4.FH.6HI.6H2O.HPS.H2S.6Yb/c1-5-13-21-14-6-2-10-18-24-29-33-36-34-30-26-20-12-4-8-16-22-15-7-3-11-19-25-28-32-35-31-27-23-17-9(1)37(5)41(13)49(21)42(14)38(6,10)46(18)52(24)57(29)61(33)64(36)62(34)58(30)54(26)48(20)40(8,12)44(16)50(22)43(15)39(7,11)47(19)53(25)56(28)60(32)63(35)59(31)55(27)51(23)45(17,37)65(41)69(49)66(42,46)72(52)76(57)81(61)84(64)82(62)78(58)74(54)68(44,48)70(50)67(43,47)73(53)77(56)80(60)83(63)79(59)75(55)71(51,65)85(69,72)87(75,76)89(79,81)91(83,84)90(80,82)88(77,78)86(70,73)74;1-2;;;;;;;;;;;;;;;;;;;;;1-2;;;;;;;/h5-36H,1-4H2;1H3;7*1H4;7*1H;6*1H2;1H;1H2;;;;;;. The zero-order valence-electron chi connectivity index (χ0n) is 59.1. The first kappa shape index (κ1) is 78.2. The molecular formula is C99H93F2I6O6PS2Yb6. The first-order valence-electron chi connectivity index (χ1n) is 45.9. The predicted molar refractivity (Wildman–Crippen MR) is 471 cm³/mol. The fourth-order valence-electron chi connectivity index (χ4n) is 113. The quantitative estimate of drug-likeness (QED) is 0.170. The second kappa shape index (κ2) is 12.3. The molecule has 68 atom stereocenters. The summed E-state index contributed by atoms with van der Waals surface area (Å²) in [6, 6.07) is 0. The van der Waals surface area contributed by atoms with Crippen LogP contribution in [-0.4, -0.2) is 40.0 Å². The molecule has 72 saturated carbocycles. The number of fused-ring (bicyclic) bond motifs is 28. The molecule has 0 amide bonds. The summed E-state index contributed by atoms with van der Waals surface area (Å²) in [4.78, 5) is 0. The number of halogens is 8. The summed E-state index contributed by atoms with van der Waals surface area (Å²) in [5, 5.41) is 0. The number of alkyl halides is 1. The third kappa shape index (κ3) is 1.70. The Morgan fingerprint density at radius 2 is 0.254 bits per heavy atom. The van der Waals surface area contributed by atoms with E-state index in [1.807, 2.05) is 25.7 Å². The van der Waals surface area contributed by atoms with E-state index in [1.54, 1.807) is 0 Å². The van der Waals surface area contributed by atoms with Gasteiger partial charge in [-0.25, -0.2) is 0 Å². The normalized spacial score (nSPS) is 116. The summed E-state index contributed by atoms with van der Waals surface area (Å²) in [7, 11) is 3.06. The molecule has 0 aliphatic heterocycles. The topological polar surface area (TPSA) is 189 Å². The predicted octanol–water partition coefficient (Wildman–Crippen LogP) is 11.2. The van der Waals surface area contributed by atoms with E-state index in [0.29, 0.717) is 7.18 Å². The van der Waals surface area contributed by atoms with Crippen LogP contribution in [0.2, 0.25) is 0 Å². The SMILES string of the molecule is C.C.C.C.C.C.C.C1C2C3C4C5C6CC7C8C9C%10C%11C%12C%13C%14C%15C%16C%17CC%18C%19C%20C%21C%22CC%23C%24C%25C%26C%27C%28C%29C%30C%31C%32C1C21C32C43C54C67C85C96C%107C%118C%129C%13%10C%14%11C%15%12C%16%13C%18%17C%19%14C%20%15C%21%16C%22%23C%24%17C%25%18C%26%19C%27%20C%28%21C%29%22C%30%23C%31%24C%321C21C32C45C63C74C85C96C%107C%118C%129C%14%13C%15%10C%16%17C%18%11C%19%12C%20%13C%21%14C%22%15C%23%16C%241C23C%164C%155C%146C%137C%128C%10%119.CF.F.I.I.I.I.I.I.O.O.O.O.O.O.P=S.S.[Yb].[Yb].[Yb].[Yb].[Yb].[Yb]. The van der Waals surface area contributed by atoms with E-state index in [1.165, 1.54) is 303 Å². The molecule has 0 saturated heterocycles. The Balaban J connectivity index is 0.000000195. The third-order valence-corrected chi connectivity index (χ3v) is 85.4. The van der Waals surface area contributed by atoms with Gasteiger partial charge in [0.1, 0.15) is 0 Å². The van der Waals surface area contributed by atoms with Gasteiger partial charge in [-0.15, -0.1) is 144 Å². The van der Waals surface area contributed by atoms with E-state index in [2.05, 4.69) is 19.8 Å². The number of hydrogen-bond donors (Lipinski definition) is 0. The molecule has 0 bridgehead atoms. The molecule has 0 radical (unpaired) electrons. The molecule has 0 heterocycles. The molecule has 682 valence electrons. The first-order chi connectivity index (χ1) is 47.3. The Morgan fingerprint density at radius 3 is 0.393 bits per heavy atom.